The Kier molecular flexibility index (Phi) is 5.28. The summed E-state index contributed by atoms with van der Waals surface area (Å²) in [5, 5.41) is 3.70. The SMILES string of the molecule is CCCC1CN(c2cccc(C)c2Br)C(CC)CN1. The second-order valence-electron chi connectivity index (χ2n) is 5.52. The van der Waals surface area contributed by atoms with Crippen LogP contribution in [0.25, 0.3) is 0 Å². The predicted octanol–water partition coefficient (Wildman–Crippen LogP) is 4.11. The topological polar surface area (TPSA) is 15.3 Å². The Bertz CT molecular complexity index is 419. The van der Waals surface area contributed by atoms with Crippen LogP contribution < -0.4 is 10.2 Å². The van der Waals surface area contributed by atoms with Gasteiger partial charge in [-0.3, -0.25) is 0 Å². The van der Waals surface area contributed by atoms with E-state index in [-0.39, 0.29) is 0 Å². The van der Waals surface area contributed by atoms with Crippen LogP contribution in [0, 0.1) is 6.92 Å². The quantitative estimate of drug-likeness (QED) is 0.896. The number of nitrogens with zero attached hydrogens (tertiary/aromatic N) is 1. The first kappa shape index (κ1) is 14.9. The molecule has 3 heteroatoms. The van der Waals surface area contributed by atoms with Crippen molar-refractivity contribution in [2.75, 3.05) is 18.0 Å². The largest absolute Gasteiger partial charge is 0.365 e. The maximum atomic E-state index is 3.77. The Balaban J connectivity index is 2.24. The molecule has 1 aromatic carbocycles. The van der Waals surface area contributed by atoms with Crippen LogP contribution in [0.4, 0.5) is 5.69 Å². The minimum atomic E-state index is 0.603. The van der Waals surface area contributed by atoms with Crippen LogP contribution in [0.15, 0.2) is 22.7 Å². The van der Waals surface area contributed by atoms with Crippen molar-refractivity contribution in [3.63, 3.8) is 0 Å². The van der Waals surface area contributed by atoms with Gasteiger partial charge in [-0.2, -0.15) is 0 Å². The van der Waals surface area contributed by atoms with E-state index in [4.69, 9.17) is 0 Å². The Morgan fingerprint density at radius 2 is 2.16 bits per heavy atom. The van der Waals surface area contributed by atoms with E-state index in [0.717, 1.165) is 13.1 Å². The molecule has 2 rings (SSSR count). The Hall–Kier alpha value is -0.540. The number of halogens is 1. The molecule has 1 aliphatic rings. The highest BCUT2D eigenvalue weighted by Crippen LogP contribution is 2.32. The average molecular weight is 325 g/mol. The molecule has 2 unspecified atom stereocenters. The smallest absolute Gasteiger partial charge is 0.0516 e. The lowest BCUT2D eigenvalue weighted by atomic mass is 10.0. The fraction of sp³-hybridized carbons (Fsp3) is 0.625. The fourth-order valence-corrected chi connectivity index (χ4v) is 3.41. The van der Waals surface area contributed by atoms with Gasteiger partial charge in [0.25, 0.3) is 0 Å². The van der Waals surface area contributed by atoms with E-state index in [0.29, 0.717) is 12.1 Å². The van der Waals surface area contributed by atoms with Crippen molar-refractivity contribution in [3.8, 4) is 0 Å². The monoisotopic (exact) mass is 324 g/mol. The zero-order valence-electron chi connectivity index (χ0n) is 12.2. The summed E-state index contributed by atoms with van der Waals surface area (Å²) in [6.07, 6.45) is 3.69. The molecule has 0 spiro atoms. The van der Waals surface area contributed by atoms with Crippen molar-refractivity contribution < 1.29 is 0 Å². The van der Waals surface area contributed by atoms with Gasteiger partial charge in [0.2, 0.25) is 0 Å². The standard InChI is InChI=1S/C16H25BrN2/c1-4-7-13-11-19(14(5-2)10-18-13)15-9-6-8-12(3)16(15)17/h6,8-9,13-14,18H,4-5,7,10-11H2,1-3H3. The second kappa shape index (κ2) is 6.76. The molecule has 1 aliphatic heterocycles. The molecule has 0 amide bonds. The van der Waals surface area contributed by atoms with E-state index in [9.17, 15) is 0 Å². The number of hydrogen-bond donors (Lipinski definition) is 1. The lowest BCUT2D eigenvalue weighted by Gasteiger charge is -2.42. The van der Waals surface area contributed by atoms with Crippen molar-refractivity contribution in [1.29, 1.82) is 0 Å². The lowest BCUT2D eigenvalue weighted by Crippen LogP contribution is -2.56. The van der Waals surface area contributed by atoms with Gasteiger partial charge in [-0.25, -0.2) is 0 Å². The number of piperazine rings is 1. The summed E-state index contributed by atoms with van der Waals surface area (Å²) in [4.78, 5) is 2.59. The number of anilines is 1. The molecule has 0 bridgehead atoms. The van der Waals surface area contributed by atoms with Crippen LogP contribution >= 0.6 is 15.9 Å². The van der Waals surface area contributed by atoms with Crippen LogP contribution in [0.1, 0.15) is 38.7 Å². The van der Waals surface area contributed by atoms with Crippen molar-refractivity contribution in [3.05, 3.63) is 28.2 Å². The van der Waals surface area contributed by atoms with E-state index in [2.05, 4.69) is 65.1 Å². The van der Waals surface area contributed by atoms with Crippen molar-refractivity contribution in [2.45, 2.75) is 52.1 Å². The summed E-state index contributed by atoms with van der Waals surface area (Å²) in [7, 11) is 0. The summed E-state index contributed by atoms with van der Waals surface area (Å²) < 4.78 is 1.26. The van der Waals surface area contributed by atoms with Crippen LogP contribution in [0.2, 0.25) is 0 Å². The Morgan fingerprint density at radius 3 is 2.84 bits per heavy atom. The van der Waals surface area contributed by atoms with Gasteiger partial charge in [-0.1, -0.05) is 32.4 Å². The van der Waals surface area contributed by atoms with E-state index in [1.165, 1.54) is 35.0 Å². The van der Waals surface area contributed by atoms with Gasteiger partial charge < -0.3 is 10.2 Å². The van der Waals surface area contributed by atoms with E-state index in [1.807, 2.05) is 0 Å². The van der Waals surface area contributed by atoms with Crippen molar-refractivity contribution >= 4 is 21.6 Å². The number of hydrogen-bond acceptors (Lipinski definition) is 2. The zero-order chi connectivity index (χ0) is 13.8. The maximum Gasteiger partial charge on any atom is 0.0516 e. The Labute approximate surface area is 125 Å². The lowest BCUT2D eigenvalue weighted by molar-refractivity contribution is 0.369. The van der Waals surface area contributed by atoms with Crippen LogP contribution in [0.5, 0.6) is 0 Å². The van der Waals surface area contributed by atoms with Crippen LogP contribution in [-0.4, -0.2) is 25.2 Å². The number of rotatable bonds is 4. The van der Waals surface area contributed by atoms with Gasteiger partial charge in [-0.15, -0.1) is 0 Å². The molecule has 2 nitrogen and oxygen atoms in total. The summed E-state index contributed by atoms with van der Waals surface area (Å²) in [5.41, 5.74) is 2.67. The van der Waals surface area contributed by atoms with Crippen LogP contribution in [-0.2, 0) is 0 Å². The molecular weight excluding hydrogens is 300 g/mol. The maximum absolute atomic E-state index is 3.77. The highest BCUT2D eigenvalue weighted by atomic mass is 79.9. The summed E-state index contributed by atoms with van der Waals surface area (Å²) in [5.74, 6) is 0. The summed E-state index contributed by atoms with van der Waals surface area (Å²) >= 11 is 3.77. The average Bonchev–Trinajstić information content (AvgIpc) is 2.42. The van der Waals surface area contributed by atoms with Gasteiger partial charge in [0.1, 0.15) is 0 Å². The molecule has 1 heterocycles. The molecule has 19 heavy (non-hydrogen) atoms. The Morgan fingerprint density at radius 1 is 1.37 bits per heavy atom. The summed E-state index contributed by atoms with van der Waals surface area (Å²) in [6, 6.07) is 7.80. The normalized spacial score (nSPS) is 23.7. The predicted molar refractivity (Wildman–Crippen MR) is 87.0 cm³/mol. The van der Waals surface area contributed by atoms with Gasteiger partial charge in [0.05, 0.1) is 5.69 Å². The first-order valence-corrected chi connectivity index (χ1v) is 8.21. The van der Waals surface area contributed by atoms with E-state index < -0.39 is 0 Å². The molecule has 0 radical (unpaired) electrons. The number of benzene rings is 1. The van der Waals surface area contributed by atoms with E-state index in [1.54, 1.807) is 0 Å². The van der Waals surface area contributed by atoms with Crippen molar-refractivity contribution in [2.24, 2.45) is 0 Å². The number of nitrogens with one attached hydrogen (secondary N) is 1. The molecule has 0 aliphatic carbocycles. The third-order valence-electron chi connectivity index (χ3n) is 4.09. The zero-order valence-corrected chi connectivity index (χ0v) is 13.8. The van der Waals surface area contributed by atoms with Gasteiger partial charge in [-0.05, 0) is 47.3 Å². The molecule has 106 valence electrons. The third-order valence-corrected chi connectivity index (χ3v) is 5.12. The van der Waals surface area contributed by atoms with Crippen LogP contribution in [0.3, 0.4) is 0 Å². The second-order valence-corrected chi connectivity index (χ2v) is 6.31. The minimum absolute atomic E-state index is 0.603. The molecule has 1 saturated heterocycles. The molecule has 1 aromatic rings. The molecule has 2 atom stereocenters. The molecular formula is C16H25BrN2. The van der Waals surface area contributed by atoms with Gasteiger partial charge in [0.15, 0.2) is 0 Å². The van der Waals surface area contributed by atoms with Crippen molar-refractivity contribution in [1.82, 2.24) is 5.32 Å². The first-order chi connectivity index (χ1) is 9.17. The molecule has 1 N–H and O–H groups in total. The first-order valence-electron chi connectivity index (χ1n) is 7.42. The number of aryl methyl sites for hydroxylation is 1. The fourth-order valence-electron chi connectivity index (χ4n) is 2.92. The van der Waals surface area contributed by atoms with Gasteiger partial charge >= 0.3 is 0 Å². The molecule has 1 fully saturated rings. The van der Waals surface area contributed by atoms with E-state index >= 15 is 0 Å². The molecule has 0 saturated carbocycles. The highest BCUT2D eigenvalue weighted by molar-refractivity contribution is 9.10. The minimum Gasteiger partial charge on any atom is -0.365 e. The highest BCUT2D eigenvalue weighted by Gasteiger charge is 2.27. The molecule has 0 aromatic heterocycles. The third kappa shape index (κ3) is 3.32. The summed E-state index contributed by atoms with van der Waals surface area (Å²) in [6.45, 7) is 8.93. The van der Waals surface area contributed by atoms with Gasteiger partial charge in [0, 0.05) is 29.6 Å².